The molecule has 0 heterocycles. The molecule has 51 heavy (non-hydrogen) atoms. The first kappa shape index (κ1) is 49.7. The molecule has 302 valence electrons. The van der Waals surface area contributed by atoms with E-state index in [1.54, 1.807) is 0 Å². The van der Waals surface area contributed by atoms with Crippen LogP contribution in [0.3, 0.4) is 0 Å². The van der Waals surface area contributed by atoms with Crippen LogP contribution in [0.5, 0.6) is 0 Å². The molecule has 0 fully saturated rings. The quantitative estimate of drug-likeness (QED) is 0.0207. The second-order valence-corrected chi connectivity index (χ2v) is 15.9. The van der Waals surface area contributed by atoms with Gasteiger partial charge in [-0.05, 0) is 38.5 Å². The monoisotopic (exact) mass is 749 g/mol. The van der Waals surface area contributed by atoms with E-state index in [-0.39, 0.29) is 19.4 Å². The van der Waals surface area contributed by atoms with Gasteiger partial charge in [0.15, 0.2) is 11.9 Å². The van der Waals surface area contributed by atoms with E-state index in [1.165, 1.54) is 96.3 Å². The Bertz CT molecular complexity index is 877. The van der Waals surface area contributed by atoms with E-state index in [2.05, 4.69) is 26.0 Å². The molecule has 0 aliphatic carbocycles. The van der Waals surface area contributed by atoms with Crippen LogP contribution in [0.4, 0.5) is 0 Å². The lowest BCUT2D eigenvalue weighted by Gasteiger charge is -2.25. The topological polar surface area (TPSA) is 160 Å². The number of carbonyl (C=O) groups is 2. The van der Waals surface area contributed by atoms with Gasteiger partial charge in [-0.1, -0.05) is 154 Å². The van der Waals surface area contributed by atoms with Crippen molar-refractivity contribution in [3.63, 3.8) is 0 Å². The molecular formula is C40H77O10P. The molecular weight excluding hydrogens is 671 g/mol. The molecule has 0 aromatic carbocycles. The number of unbranched alkanes of at least 4 members (excludes halogenated alkanes) is 23. The maximum Gasteiger partial charge on any atom is 0.356 e. The number of esters is 2. The average Bonchev–Trinajstić information content (AvgIpc) is 3.10. The lowest BCUT2D eigenvalue weighted by atomic mass is 10.0. The van der Waals surface area contributed by atoms with Crippen LogP contribution in [-0.4, -0.2) is 69.8 Å². The Balaban J connectivity index is 4.39. The normalized spacial score (nSPS) is 13.8. The predicted molar refractivity (Wildman–Crippen MR) is 205 cm³/mol. The summed E-state index contributed by atoms with van der Waals surface area (Å²) >= 11 is 0. The lowest BCUT2D eigenvalue weighted by Crippen LogP contribution is -2.37. The Kier molecular flexibility index (Phi) is 34.8. The van der Waals surface area contributed by atoms with Crippen LogP contribution < -0.4 is 0 Å². The number of allylic oxidation sites excluding steroid dienone is 2. The van der Waals surface area contributed by atoms with Crippen LogP contribution in [-0.2, 0) is 28.4 Å². The minimum Gasteiger partial charge on any atom is -0.462 e. The Morgan fingerprint density at radius 2 is 0.980 bits per heavy atom. The molecule has 0 aliphatic heterocycles. The van der Waals surface area contributed by atoms with E-state index in [0.717, 1.165) is 57.8 Å². The number of aliphatic hydroxyl groups excluding tert-OH is 2. The summed E-state index contributed by atoms with van der Waals surface area (Å²) in [4.78, 5) is 44.1. The third-order valence-electron chi connectivity index (χ3n) is 9.16. The fourth-order valence-electron chi connectivity index (χ4n) is 5.97. The van der Waals surface area contributed by atoms with Crippen LogP contribution in [0.1, 0.15) is 194 Å². The molecule has 11 heteroatoms. The fraction of sp³-hybridized carbons (Fsp3) is 0.900. The third kappa shape index (κ3) is 33.0. The molecule has 0 amide bonds. The van der Waals surface area contributed by atoms with Gasteiger partial charge in [-0.3, -0.25) is 14.2 Å². The predicted octanol–water partition coefficient (Wildman–Crippen LogP) is 9.83. The van der Waals surface area contributed by atoms with Crippen molar-refractivity contribution in [3.05, 3.63) is 12.2 Å². The minimum absolute atomic E-state index is 0.165. The summed E-state index contributed by atoms with van der Waals surface area (Å²) in [5, 5.41) is 19.1. The van der Waals surface area contributed by atoms with E-state index in [0.29, 0.717) is 12.8 Å². The van der Waals surface area contributed by atoms with Crippen molar-refractivity contribution in [2.24, 2.45) is 0 Å². The first-order valence-corrected chi connectivity index (χ1v) is 22.3. The molecule has 10 nitrogen and oxygen atoms in total. The van der Waals surface area contributed by atoms with Crippen molar-refractivity contribution in [2.45, 2.75) is 212 Å². The summed E-state index contributed by atoms with van der Waals surface area (Å²) in [5.41, 5.74) is 0. The first-order valence-electron chi connectivity index (χ1n) is 20.6. The minimum atomic E-state index is -4.95. The first-order chi connectivity index (χ1) is 24.6. The Hall–Kier alpha value is -1.29. The van der Waals surface area contributed by atoms with Gasteiger partial charge < -0.3 is 34.2 Å². The number of carbonyl (C=O) groups excluding carboxylic acids is 2. The van der Waals surface area contributed by atoms with Crippen LogP contribution in [0, 0.1) is 0 Å². The van der Waals surface area contributed by atoms with E-state index in [4.69, 9.17) is 14.2 Å². The summed E-state index contributed by atoms with van der Waals surface area (Å²) in [5.74, 6) is -2.97. The smallest absolute Gasteiger partial charge is 0.356 e. The van der Waals surface area contributed by atoms with Gasteiger partial charge in [-0.15, -0.1) is 0 Å². The second-order valence-electron chi connectivity index (χ2n) is 14.2. The summed E-state index contributed by atoms with van der Waals surface area (Å²) in [6.07, 6.45) is 32.3. The number of hydrogen-bond acceptors (Lipinski definition) is 8. The lowest BCUT2D eigenvalue weighted by molar-refractivity contribution is -0.164. The Morgan fingerprint density at radius 3 is 1.39 bits per heavy atom. The van der Waals surface area contributed by atoms with E-state index >= 15 is 0 Å². The zero-order valence-electron chi connectivity index (χ0n) is 32.5. The number of hydrogen-bond donors (Lipinski definition) is 4. The largest absolute Gasteiger partial charge is 0.462 e. The third-order valence-corrected chi connectivity index (χ3v) is 10.3. The van der Waals surface area contributed by atoms with Gasteiger partial charge in [0.2, 0.25) is 0 Å². The maximum absolute atomic E-state index is 12.6. The molecule has 3 atom stereocenters. The van der Waals surface area contributed by atoms with Crippen molar-refractivity contribution in [1.82, 2.24) is 0 Å². The highest BCUT2D eigenvalue weighted by atomic mass is 31.2. The standard InChI is InChI=1S/C40H77O10P/c1-3-5-7-9-11-13-15-17-18-20-21-23-25-27-29-31-38(43)48-34-36(35-49-40(37(42)33-41)51(45,46)47)50-39(44)32-30-28-26-24-22-19-16-14-12-10-8-6-4-2/h17-18,36-37,40-42H,3-16,19-35H2,1-2H3,(H2,45,46,47)/b18-17-/t36-,37?,40?/m1/s1. The van der Waals surface area contributed by atoms with Gasteiger partial charge in [0, 0.05) is 12.8 Å². The highest BCUT2D eigenvalue weighted by Gasteiger charge is 2.37. The zero-order valence-corrected chi connectivity index (χ0v) is 33.4. The summed E-state index contributed by atoms with van der Waals surface area (Å²) in [6.45, 7) is 2.69. The van der Waals surface area contributed by atoms with Crippen LogP contribution >= 0.6 is 7.60 Å². The summed E-state index contributed by atoms with van der Waals surface area (Å²) < 4.78 is 27.8. The molecule has 0 aliphatic rings. The maximum atomic E-state index is 12.6. The molecule has 0 bridgehead atoms. The second kappa shape index (κ2) is 35.7. The summed E-state index contributed by atoms with van der Waals surface area (Å²) in [7, 11) is -4.95. The van der Waals surface area contributed by atoms with Crippen molar-refractivity contribution in [2.75, 3.05) is 19.8 Å². The van der Waals surface area contributed by atoms with E-state index in [9.17, 15) is 34.2 Å². The molecule has 0 aromatic heterocycles. The van der Waals surface area contributed by atoms with Crippen molar-refractivity contribution < 1.29 is 48.4 Å². The molecule has 4 N–H and O–H groups in total. The number of rotatable bonds is 38. The van der Waals surface area contributed by atoms with E-state index in [1.807, 2.05) is 0 Å². The van der Waals surface area contributed by atoms with Gasteiger partial charge in [-0.2, -0.15) is 0 Å². The fourth-order valence-corrected chi connectivity index (χ4v) is 6.80. The zero-order chi connectivity index (χ0) is 37.8. The van der Waals surface area contributed by atoms with Crippen LogP contribution in [0.2, 0.25) is 0 Å². The van der Waals surface area contributed by atoms with Crippen molar-refractivity contribution in [3.8, 4) is 0 Å². The number of aliphatic hydroxyl groups is 2. The molecule has 0 aromatic rings. The van der Waals surface area contributed by atoms with Gasteiger partial charge in [0.25, 0.3) is 0 Å². The van der Waals surface area contributed by atoms with Crippen molar-refractivity contribution >= 4 is 19.5 Å². The summed E-state index contributed by atoms with van der Waals surface area (Å²) in [6, 6.07) is 0. The molecule has 0 saturated carbocycles. The Morgan fingerprint density at radius 1 is 0.588 bits per heavy atom. The molecule has 0 radical (unpaired) electrons. The van der Waals surface area contributed by atoms with Gasteiger partial charge in [0.1, 0.15) is 12.7 Å². The van der Waals surface area contributed by atoms with Crippen LogP contribution in [0.25, 0.3) is 0 Å². The van der Waals surface area contributed by atoms with E-state index < -0.39 is 50.8 Å². The van der Waals surface area contributed by atoms with Gasteiger partial charge in [-0.25, -0.2) is 0 Å². The average molecular weight is 749 g/mol. The van der Waals surface area contributed by atoms with Crippen molar-refractivity contribution in [1.29, 1.82) is 0 Å². The molecule has 2 unspecified atom stereocenters. The SMILES string of the molecule is CCCCCCCC/C=C\CCCCCCCC(=O)OC[C@H](COC(C(O)CO)P(=O)(O)O)OC(=O)CCCCCCCCCCCCCCC. The molecule has 0 saturated heterocycles. The van der Waals surface area contributed by atoms with Gasteiger partial charge in [0.05, 0.1) is 13.2 Å². The molecule has 0 spiro atoms. The Labute approximate surface area is 311 Å². The highest BCUT2D eigenvalue weighted by Crippen LogP contribution is 2.43. The van der Waals surface area contributed by atoms with Crippen LogP contribution in [0.15, 0.2) is 12.2 Å². The number of ether oxygens (including phenoxy) is 3. The highest BCUT2D eigenvalue weighted by molar-refractivity contribution is 7.52. The molecule has 0 rings (SSSR count). The van der Waals surface area contributed by atoms with Gasteiger partial charge >= 0.3 is 19.5 Å².